The fraction of sp³-hybridized carbons (Fsp3) is 0.200. The number of ether oxygens (including phenoxy) is 1. The summed E-state index contributed by atoms with van der Waals surface area (Å²) < 4.78 is 5.52. The first-order chi connectivity index (χ1) is 15.0. The van der Waals surface area contributed by atoms with Crippen molar-refractivity contribution >= 4 is 23.5 Å². The molecule has 4 rings (SSSR count). The summed E-state index contributed by atoms with van der Waals surface area (Å²) >= 11 is 5.99. The fourth-order valence-corrected chi connectivity index (χ4v) is 4.42. The van der Waals surface area contributed by atoms with Crippen LogP contribution in [0.4, 0.5) is 0 Å². The van der Waals surface area contributed by atoms with Crippen molar-refractivity contribution in [2.75, 3.05) is 6.61 Å². The first-order valence-electron chi connectivity index (χ1n) is 10.0. The van der Waals surface area contributed by atoms with E-state index in [4.69, 9.17) is 22.1 Å². The molecular weight excluding hydrogens is 414 g/mol. The van der Waals surface area contributed by atoms with Gasteiger partial charge in [-0.1, -0.05) is 72.3 Å². The molecular formula is C25H22ClNO4. The lowest BCUT2D eigenvalue weighted by molar-refractivity contribution is -0.159. The molecule has 1 aliphatic carbocycles. The topological polar surface area (TPSA) is 89.6 Å². The van der Waals surface area contributed by atoms with Gasteiger partial charge in [0.05, 0.1) is 0 Å². The predicted octanol–water partition coefficient (Wildman–Crippen LogP) is 4.27. The third-order valence-electron chi connectivity index (χ3n) is 5.66. The second-order valence-electron chi connectivity index (χ2n) is 7.67. The molecule has 3 aromatic carbocycles. The SMILES string of the molecule is NC(Cc1cccc(Cl)c1)C(C(=O)O)C(=O)OCC1c2ccccc2-c2ccccc21. The average Bonchev–Trinajstić information content (AvgIpc) is 3.06. The van der Waals surface area contributed by atoms with Crippen molar-refractivity contribution in [3.63, 3.8) is 0 Å². The lowest BCUT2D eigenvalue weighted by atomic mass is 9.94. The number of esters is 1. The molecule has 3 aromatic rings. The molecule has 5 nitrogen and oxygen atoms in total. The van der Waals surface area contributed by atoms with Crippen LogP contribution in [0.1, 0.15) is 22.6 Å². The summed E-state index contributed by atoms with van der Waals surface area (Å²) in [5, 5.41) is 10.2. The number of halogens is 1. The quantitative estimate of drug-likeness (QED) is 0.427. The van der Waals surface area contributed by atoms with Gasteiger partial charge < -0.3 is 15.6 Å². The molecule has 0 bridgehead atoms. The average molecular weight is 436 g/mol. The van der Waals surface area contributed by atoms with Crippen LogP contribution < -0.4 is 5.73 Å². The van der Waals surface area contributed by atoms with E-state index in [2.05, 4.69) is 0 Å². The van der Waals surface area contributed by atoms with Crippen molar-refractivity contribution in [2.24, 2.45) is 11.7 Å². The Morgan fingerprint density at radius 3 is 2.16 bits per heavy atom. The predicted molar refractivity (Wildman–Crippen MR) is 119 cm³/mol. The van der Waals surface area contributed by atoms with Crippen LogP contribution in [0.25, 0.3) is 11.1 Å². The maximum absolute atomic E-state index is 12.8. The van der Waals surface area contributed by atoms with Gasteiger partial charge >= 0.3 is 11.9 Å². The molecule has 1 aliphatic rings. The van der Waals surface area contributed by atoms with Crippen LogP contribution in [-0.2, 0) is 20.7 Å². The molecule has 3 N–H and O–H groups in total. The van der Waals surface area contributed by atoms with E-state index in [0.29, 0.717) is 5.02 Å². The Morgan fingerprint density at radius 1 is 0.968 bits per heavy atom. The van der Waals surface area contributed by atoms with Crippen molar-refractivity contribution in [2.45, 2.75) is 18.4 Å². The van der Waals surface area contributed by atoms with Gasteiger partial charge in [-0.15, -0.1) is 0 Å². The standard InChI is InChI=1S/C25H22ClNO4/c26-16-7-5-6-15(12-16)13-22(27)23(24(28)29)25(30)31-14-21-19-10-3-1-8-17(19)18-9-2-4-11-20(18)21/h1-12,21-23H,13-14,27H2,(H,28,29). The van der Waals surface area contributed by atoms with Crippen LogP contribution in [0.5, 0.6) is 0 Å². The van der Waals surface area contributed by atoms with Crippen molar-refractivity contribution in [3.8, 4) is 11.1 Å². The van der Waals surface area contributed by atoms with Crippen molar-refractivity contribution in [1.29, 1.82) is 0 Å². The second kappa shape index (κ2) is 8.92. The number of carboxylic acid groups (broad SMARTS) is 1. The monoisotopic (exact) mass is 435 g/mol. The third kappa shape index (κ3) is 4.33. The lowest BCUT2D eigenvalue weighted by Crippen LogP contribution is -2.43. The van der Waals surface area contributed by atoms with Crippen LogP contribution in [-0.4, -0.2) is 29.7 Å². The summed E-state index contributed by atoms with van der Waals surface area (Å²) in [6.45, 7) is 0.0561. The number of fused-ring (bicyclic) bond motifs is 3. The smallest absolute Gasteiger partial charge is 0.321 e. The number of hydrogen-bond donors (Lipinski definition) is 2. The van der Waals surface area contributed by atoms with Crippen molar-refractivity contribution < 1.29 is 19.4 Å². The molecule has 0 amide bonds. The minimum absolute atomic E-state index is 0.0561. The molecule has 0 spiro atoms. The summed E-state index contributed by atoms with van der Waals surface area (Å²) in [7, 11) is 0. The Bertz CT molecular complexity index is 1080. The molecule has 0 saturated carbocycles. The zero-order valence-corrected chi connectivity index (χ0v) is 17.5. The van der Waals surface area contributed by atoms with E-state index < -0.39 is 23.9 Å². The van der Waals surface area contributed by atoms with Gasteiger partial charge in [-0.25, -0.2) is 0 Å². The number of rotatable bonds is 7. The molecule has 0 heterocycles. The molecule has 158 valence electrons. The third-order valence-corrected chi connectivity index (χ3v) is 5.90. The van der Waals surface area contributed by atoms with E-state index in [9.17, 15) is 14.7 Å². The van der Waals surface area contributed by atoms with Gasteiger partial charge in [-0.05, 0) is 46.4 Å². The Kier molecular flexibility index (Phi) is 6.07. The summed E-state index contributed by atoms with van der Waals surface area (Å²) in [4.78, 5) is 24.6. The molecule has 2 atom stereocenters. The van der Waals surface area contributed by atoms with Gasteiger partial charge in [0.25, 0.3) is 0 Å². The Balaban J connectivity index is 1.49. The Labute approximate surface area is 185 Å². The van der Waals surface area contributed by atoms with E-state index in [1.54, 1.807) is 24.3 Å². The molecule has 0 saturated heterocycles. The maximum atomic E-state index is 12.8. The van der Waals surface area contributed by atoms with E-state index in [0.717, 1.165) is 27.8 Å². The van der Waals surface area contributed by atoms with Gasteiger partial charge in [0.2, 0.25) is 0 Å². The molecule has 6 heteroatoms. The van der Waals surface area contributed by atoms with Crippen LogP contribution in [0.3, 0.4) is 0 Å². The lowest BCUT2D eigenvalue weighted by Gasteiger charge is -2.21. The van der Waals surface area contributed by atoms with Crippen molar-refractivity contribution in [3.05, 3.63) is 94.5 Å². The fourth-order valence-electron chi connectivity index (χ4n) is 4.21. The number of hydrogen-bond acceptors (Lipinski definition) is 4. The van der Waals surface area contributed by atoms with E-state index in [1.807, 2.05) is 48.5 Å². The highest BCUT2D eigenvalue weighted by molar-refractivity contribution is 6.30. The number of carbonyl (C=O) groups excluding carboxylic acids is 1. The van der Waals surface area contributed by atoms with Gasteiger partial charge in [-0.3, -0.25) is 9.59 Å². The zero-order valence-electron chi connectivity index (χ0n) is 16.7. The number of carbonyl (C=O) groups is 2. The molecule has 0 aliphatic heterocycles. The van der Waals surface area contributed by atoms with Gasteiger partial charge in [0, 0.05) is 17.0 Å². The van der Waals surface area contributed by atoms with Crippen LogP contribution in [0, 0.1) is 5.92 Å². The largest absolute Gasteiger partial charge is 0.481 e. The van der Waals surface area contributed by atoms with Crippen molar-refractivity contribution in [1.82, 2.24) is 0 Å². The maximum Gasteiger partial charge on any atom is 0.321 e. The van der Waals surface area contributed by atoms with E-state index in [-0.39, 0.29) is 18.9 Å². The first-order valence-corrected chi connectivity index (χ1v) is 10.4. The molecule has 0 aromatic heterocycles. The van der Waals surface area contributed by atoms with Crippen LogP contribution >= 0.6 is 11.6 Å². The minimum atomic E-state index is -1.47. The normalized spacial score (nSPS) is 14.4. The minimum Gasteiger partial charge on any atom is -0.481 e. The van der Waals surface area contributed by atoms with Gasteiger partial charge in [-0.2, -0.15) is 0 Å². The Morgan fingerprint density at radius 2 is 1.58 bits per heavy atom. The number of aliphatic carboxylic acids is 1. The second-order valence-corrected chi connectivity index (χ2v) is 8.11. The van der Waals surface area contributed by atoms with Crippen LogP contribution in [0.15, 0.2) is 72.8 Å². The summed E-state index contributed by atoms with van der Waals surface area (Å²) in [5.74, 6) is -3.74. The summed E-state index contributed by atoms with van der Waals surface area (Å²) in [6.07, 6.45) is 0.196. The van der Waals surface area contributed by atoms with Gasteiger partial charge in [0.15, 0.2) is 5.92 Å². The van der Waals surface area contributed by atoms with Crippen LogP contribution in [0.2, 0.25) is 5.02 Å². The highest BCUT2D eigenvalue weighted by Gasteiger charge is 2.36. The van der Waals surface area contributed by atoms with E-state index >= 15 is 0 Å². The van der Waals surface area contributed by atoms with Gasteiger partial charge in [0.1, 0.15) is 6.61 Å². The first kappa shape index (κ1) is 21.1. The highest BCUT2D eigenvalue weighted by atomic mass is 35.5. The highest BCUT2D eigenvalue weighted by Crippen LogP contribution is 2.44. The zero-order chi connectivity index (χ0) is 22.0. The number of nitrogens with two attached hydrogens (primary N) is 1. The molecule has 0 fully saturated rings. The number of carboxylic acids is 1. The Hall–Kier alpha value is -3.15. The molecule has 0 radical (unpaired) electrons. The summed E-state index contributed by atoms with van der Waals surface area (Å²) in [5.41, 5.74) is 11.2. The summed E-state index contributed by atoms with van der Waals surface area (Å²) in [6, 6.07) is 22.0. The molecule has 2 unspecified atom stereocenters. The number of benzene rings is 3. The van der Waals surface area contributed by atoms with E-state index in [1.165, 1.54) is 0 Å². The molecule has 31 heavy (non-hydrogen) atoms.